The first-order valence-corrected chi connectivity index (χ1v) is 8.86. The van der Waals surface area contributed by atoms with Crippen molar-refractivity contribution in [3.63, 3.8) is 0 Å². The lowest BCUT2D eigenvalue weighted by molar-refractivity contribution is 0.314. The number of aryl methyl sites for hydroxylation is 1. The van der Waals surface area contributed by atoms with Crippen molar-refractivity contribution in [3.8, 4) is 17.5 Å². The van der Waals surface area contributed by atoms with Crippen LogP contribution < -0.4 is 0 Å². The van der Waals surface area contributed by atoms with Gasteiger partial charge in [-0.1, -0.05) is 24.3 Å². The molecule has 28 heavy (non-hydrogen) atoms. The summed E-state index contributed by atoms with van der Waals surface area (Å²) in [4.78, 5) is 4.64. The second-order valence-electron chi connectivity index (χ2n) is 6.40. The smallest absolute Gasteiger partial charge is 0.226 e. The fourth-order valence-electron chi connectivity index (χ4n) is 3.04. The summed E-state index contributed by atoms with van der Waals surface area (Å²) in [5.41, 5.74) is 3.46. The minimum absolute atomic E-state index is 0.259. The first-order valence-electron chi connectivity index (χ1n) is 8.86. The Morgan fingerprint density at radius 1 is 1.14 bits per heavy atom. The van der Waals surface area contributed by atoms with E-state index in [0.717, 1.165) is 39.3 Å². The second kappa shape index (κ2) is 7.45. The highest BCUT2D eigenvalue weighted by atomic mass is 16.5. The summed E-state index contributed by atoms with van der Waals surface area (Å²) in [7, 11) is 1.48. The minimum Gasteiger partial charge on any atom is -0.487 e. The number of benzene rings is 2. The number of ether oxygens (including phenoxy) is 1. The van der Waals surface area contributed by atoms with E-state index < -0.39 is 0 Å². The van der Waals surface area contributed by atoms with Gasteiger partial charge in [-0.25, -0.2) is 4.98 Å². The number of rotatable bonds is 5. The van der Waals surface area contributed by atoms with E-state index in [1.54, 1.807) is 6.08 Å². The number of nitriles is 1. The van der Waals surface area contributed by atoms with E-state index in [1.807, 2.05) is 67.6 Å². The Morgan fingerprint density at radius 2 is 1.96 bits per heavy atom. The molecule has 5 nitrogen and oxygen atoms in total. The third-order valence-electron chi connectivity index (χ3n) is 4.47. The minimum atomic E-state index is 0.259. The zero-order valence-corrected chi connectivity index (χ0v) is 15.6. The van der Waals surface area contributed by atoms with Crippen LogP contribution in [0.25, 0.3) is 28.5 Å². The van der Waals surface area contributed by atoms with Gasteiger partial charge in [-0.2, -0.15) is 5.26 Å². The maximum Gasteiger partial charge on any atom is 0.226 e. The summed E-state index contributed by atoms with van der Waals surface area (Å²) in [5.74, 6) is 2.45. The molecule has 0 aliphatic rings. The maximum absolute atomic E-state index is 9.00. The van der Waals surface area contributed by atoms with E-state index in [1.165, 1.54) is 7.11 Å². The Hall–Kier alpha value is -3.78. The molecule has 4 rings (SSSR count). The third-order valence-corrected chi connectivity index (χ3v) is 4.47. The van der Waals surface area contributed by atoms with E-state index in [9.17, 15) is 0 Å². The van der Waals surface area contributed by atoms with Gasteiger partial charge in [0.05, 0.1) is 19.2 Å². The number of aromatic nitrogens is 1. The fourth-order valence-corrected chi connectivity index (χ4v) is 3.04. The molecule has 0 unspecified atom stereocenters. The van der Waals surface area contributed by atoms with Crippen molar-refractivity contribution in [2.45, 2.75) is 13.3 Å². The van der Waals surface area contributed by atoms with Crippen LogP contribution in [0.2, 0.25) is 0 Å². The molecule has 0 saturated heterocycles. The Kier molecular flexibility index (Phi) is 4.69. The molecule has 0 spiro atoms. The van der Waals surface area contributed by atoms with Gasteiger partial charge in [0.15, 0.2) is 5.76 Å². The van der Waals surface area contributed by atoms with Crippen LogP contribution in [0, 0.1) is 18.3 Å². The van der Waals surface area contributed by atoms with Crippen molar-refractivity contribution in [2.24, 2.45) is 0 Å². The monoisotopic (exact) mass is 370 g/mol. The number of nitrogens with zero attached hydrogens (tertiary/aromatic N) is 2. The molecule has 2 aromatic heterocycles. The van der Waals surface area contributed by atoms with Crippen LogP contribution in [0.5, 0.6) is 0 Å². The molecule has 138 valence electrons. The lowest BCUT2D eigenvalue weighted by Gasteiger charge is -1.96. The van der Waals surface area contributed by atoms with Crippen LogP contribution in [-0.2, 0) is 11.2 Å². The first-order chi connectivity index (χ1) is 13.7. The van der Waals surface area contributed by atoms with E-state index >= 15 is 0 Å². The van der Waals surface area contributed by atoms with Crippen LogP contribution in [0.15, 0.2) is 69.2 Å². The Morgan fingerprint density at radius 3 is 2.71 bits per heavy atom. The molecule has 0 N–H and O–H groups in total. The van der Waals surface area contributed by atoms with Crippen molar-refractivity contribution in [1.82, 2.24) is 4.98 Å². The number of hydrogen-bond donors (Lipinski definition) is 0. The van der Waals surface area contributed by atoms with Crippen molar-refractivity contribution >= 4 is 17.0 Å². The van der Waals surface area contributed by atoms with Gasteiger partial charge in [0.2, 0.25) is 5.89 Å². The quantitative estimate of drug-likeness (QED) is 0.343. The Labute approximate surface area is 162 Å². The molecule has 2 aromatic carbocycles. The molecule has 0 bridgehead atoms. The third kappa shape index (κ3) is 3.53. The zero-order chi connectivity index (χ0) is 19.5. The predicted octanol–water partition coefficient (Wildman–Crippen LogP) is 5.50. The van der Waals surface area contributed by atoms with Crippen LogP contribution in [0.3, 0.4) is 0 Å². The van der Waals surface area contributed by atoms with Gasteiger partial charge in [0.25, 0.3) is 0 Å². The van der Waals surface area contributed by atoms with Crippen molar-refractivity contribution in [2.75, 3.05) is 7.11 Å². The van der Waals surface area contributed by atoms with Crippen molar-refractivity contribution in [3.05, 3.63) is 83.1 Å². The number of hydrogen-bond acceptors (Lipinski definition) is 5. The van der Waals surface area contributed by atoms with Crippen LogP contribution >= 0.6 is 0 Å². The highest BCUT2D eigenvalue weighted by Gasteiger charge is 2.14. The lowest BCUT2D eigenvalue weighted by atomic mass is 10.1. The van der Waals surface area contributed by atoms with Gasteiger partial charge < -0.3 is 13.6 Å². The van der Waals surface area contributed by atoms with Crippen LogP contribution in [-0.4, -0.2) is 12.1 Å². The summed E-state index contributed by atoms with van der Waals surface area (Å²) in [5, 5.41) is 9.96. The fraction of sp³-hybridized carbons (Fsp3) is 0.130. The molecule has 0 saturated carbocycles. The number of fused-ring (bicyclic) bond motifs is 1. The molecule has 5 heteroatoms. The molecule has 0 atom stereocenters. The normalized spacial score (nSPS) is 11.5. The number of allylic oxidation sites excluding steroid dienone is 1. The maximum atomic E-state index is 9.00. The topological polar surface area (TPSA) is 72.2 Å². The molecular weight excluding hydrogens is 352 g/mol. The largest absolute Gasteiger partial charge is 0.487 e. The summed E-state index contributed by atoms with van der Waals surface area (Å²) >= 11 is 0. The van der Waals surface area contributed by atoms with Crippen molar-refractivity contribution < 1.29 is 13.6 Å². The molecular formula is C23H18N2O3. The number of furan rings is 1. The molecule has 4 aromatic rings. The van der Waals surface area contributed by atoms with Crippen molar-refractivity contribution in [1.29, 1.82) is 5.26 Å². The highest BCUT2D eigenvalue weighted by Crippen LogP contribution is 2.26. The van der Waals surface area contributed by atoms with Gasteiger partial charge in [-0.15, -0.1) is 0 Å². The summed E-state index contributed by atoms with van der Waals surface area (Å²) in [6.07, 6.45) is 2.24. The molecule has 0 radical (unpaired) electrons. The van der Waals surface area contributed by atoms with E-state index in [2.05, 4.69) is 4.98 Å². The average Bonchev–Trinajstić information content (AvgIpc) is 3.29. The van der Waals surface area contributed by atoms with E-state index in [4.69, 9.17) is 18.8 Å². The molecule has 0 amide bonds. The van der Waals surface area contributed by atoms with Crippen LogP contribution in [0.1, 0.15) is 22.8 Å². The van der Waals surface area contributed by atoms with E-state index in [-0.39, 0.29) is 5.76 Å². The Bertz CT molecular complexity index is 1190. The lowest BCUT2D eigenvalue weighted by Crippen LogP contribution is -1.88. The van der Waals surface area contributed by atoms with E-state index in [0.29, 0.717) is 12.3 Å². The number of methoxy groups -OCH3 is 1. The number of oxazole rings is 1. The van der Waals surface area contributed by atoms with Gasteiger partial charge >= 0.3 is 0 Å². The molecule has 0 aliphatic carbocycles. The highest BCUT2D eigenvalue weighted by molar-refractivity contribution is 5.81. The van der Waals surface area contributed by atoms with Gasteiger partial charge in [0, 0.05) is 10.9 Å². The van der Waals surface area contributed by atoms with Gasteiger partial charge in [0.1, 0.15) is 23.2 Å². The summed E-state index contributed by atoms with van der Waals surface area (Å²) < 4.78 is 16.8. The van der Waals surface area contributed by atoms with Gasteiger partial charge in [-0.3, -0.25) is 0 Å². The van der Waals surface area contributed by atoms with Gasteiger partial charge in [-0.05, 0) is 48.9 Å². The molecule has 0 aliphatic heterocycles. The Balaban J connectivity index is 1.61. The summed E-state index contributed by atoms with van der Waals surface area (Å²) in [6.45, 7) is 1.91. The summed E-state index contributed by atoms with van der Waals surface area (Å²) in [6, 6.07) is 19.6. The first kappa shape index (κ1) is 17.6. The SMILES string of the molecule is CO/C(C#N)=C/c1ccc2oc(Cc3nc(-c4ccccc4)oc3C)cc2c1. The van der Waals surface area contributed by atoms with Crippen LogP contribution in [0.4, 0.5) is 0 Å². The standard InChI is InChI=1S/C23H18N2O3/c1-15-21(25-23(27-15)17-6-4-3-5-7-17)13-19-12-18-10-16(8-9-22(18)28-19)11-20(14-24)26-2/h3-12H,13H2,1-2H3/b20-11+. The second-order valence-corrected chi connectivity index (χ2v) is 6.40. The molecule has 2 heterocycles. The zero-order valence-electron chi connectivity index (χ0n) is 15.6. The average molecular weight is 370 g/mol. The predicted molar refractivity (Wildman–Crippen MR) is 106 cm³/mol. The molecule has 0 fully saturated rings.